The van der Waals surface area contributed by atoms with Gasteiger partial charge in [-0.15, -0.1) is 0 Å². The summed E-state index contributed by atoms with van der Waals surface area (Å²) >= 11 is 0. The summed E-state index contributed by atoms with van der Waals surface area (Å²) in [6.45, 7) is 5.73. The zero-order chi connectivity index (χ0) is 13.5. The monoisotopic (exact) mass is 265 g/mol. The molecule has 2 N–H and O–H groups in total. The van der Waals surface area contributed by atoms with Gasteiger partial charge in [-0.2, -0.15) is 0 Å². The lowest BCUT2D eigenvalue weighted by Crippen LogP contribution is -2.58. The molecule has 4 atom stereocenters. The lowest BCUT2D eigenvalue weighted by atomic mass is 9.61. The van der Waals surface area contributed by atoms with E-state index in [1.807, 2.05) is 0 Å². The van der Waals surface area contributed by atoms with Crippen molar-refractivity contribution in [2.24, 2.45) is 23.5 Å². The lowest BCUT2D eigenvalue weighted by molar-refractivity contribution is -0.114. The van der Waals surface area contributed by atoms with E-state index in [0.717, 1.165) is 12.5 Å². The third-order valence-electron chi connectivity index (χ3n) is 6.51. The van der Waals surface area contributed by atoms with Crippen LogP contribution < -0.4 is 5.73 Å². The van der Waals surface area contributed by atoms with Crippen LogP contribution in [0.1, 0.15) is 71.6 Å². The lowest BCUT2D eigenvalue weighted by Gasteiger charge is -2.51. The van der Waals surface area contributed by atoms with Gasteiger partial charge in [0, 0.05) is 12.1 Å². The minimum absolute atomic E-state index is 0.0892. The van der Waals surface area contributed by atoms with Gasteiger partial charge in [0.05, 0.1) is 5.60 Å². The standard InChI is InChI=1S/C17H31NO/c1-13-5-9-17(18,14(2)11-13)15-6-10-19-16(12-15)7-3-4-8-16/h13-15H,3-12,18H2,1-2H3. The maximum absolute atomic E-state index is 6.93. The van der Waals surface area contributed by atoms with Crippen molar-refractivity contribution in [2.45, 2.75) is 82.8 Å². The van der Waals surface area contributed by atoms with Gasteiger partial charge in [0.25, 0.3) is 0 Å². The minimum Gasteiger partial charge on any atom is -0.375 e. The van der Waals surface area contributed by atoms with Gasteiger partial charge in [-0.25, -0.2) is 0 Å². The fraction of sp³-hybridized carbons (Fsp3) is 1.00. The van der Waals surface area contributed by atoms with Crippen molar-refractivity contribution in [3.8, 4) is 0 Å². The Hall–Kier alpha value is -0.0800. The molecule has 0 amide bonds. The molecule has 0 aromatic rings. The first-order valence-electron chi connectivity index (χ1n) is 8.47. The summed E-state index contributed by atoms with van der Waals surface area (Å²) in [6.07, 6.45) is 11.6. The first-order valence-corrected chi connectivity index (χ1v) is 8.47. The van der Waals surface area contributed by atoms with Crippen LogP contribution in [0.25, 0.3) is 0 Å². The number of hydrogen-bond acceptors (Lipinski definition) is 2. The molecule has 2 aliphatic carbocycles. The summed E-state index contributed by atoms with van der Waals surface area (Å²) in [7, 11) is 0. The largest absolute Gasteiger partial charge is 0.375 e. The van der Waals surface area contributed by atoms with Crippen LogP contribution in [0.4, 0.5) is 0 Å². The number of hydrogen-bond donors (Lipinski definition) is 1. The van der Waals surface area contributed by atoms with E-state index in [2.05, 4.69) is 13.8 Å². The summed E-state index contributed by atoms with van der Waals surface area (Å²) < 4.78 is 6.19. The molecule has 2 saturated carbocycles. The Morgan fingerprint density at radius 3 is 2.47 bits per heavy atom. The van der Waals surface area contributed by atoms with Crippen molar-refractivity contribution >= 4 is 0 Å². The minimum atomic E-state index is 0.0892. The third-order valence-corrected chi connectivity index (χ3v) is 6.51. The van der Waals surface area contributed by atoms with Gasteiger partial charge in [-0.3, -0.25) is 0 Å². The molecule has 0 bridgehead atoms. The maximum Gasteiger partial charge on any atom is 0.0685 e. The zero-order valence-electron chi connectivity index (χ0n) is 12.8. The van der Waals surface area contributed by atoms with E-state index in [0.29, 0.717) is 11.8 Å². The van der Waals surface area contributed by atoms with Crippen molar-refractivity contribution in [1.29, 1.82) is 0 Å². The van der Waals surface area contributed by atoms with Crippen LogP contribution >= 0.6 is 0 Å². The highest BCUT2D eigenvalue weighted by Crippen LogP contribution is 2.49. The Kier molecular flexibility index (Phi) is 3.68. The van der Waals surface area contributed by atoms with Crippen LogP contribution in [-0.2, 0) is 4.74 Å². The van der Waals surface area contributed by atoms with E-state index in [1.54, 1.807) is 0 Å². The van der Waals surface area contributed by atoms with Gasteiger partial charge >= 0.3 is 0 Å². The summed E-state index contributed by atoms with van der Waals surface area (Å²) in [5, 5.41) is 0. The van der Waals surface area contributed by atoms with Crippen LogP contribution in [0, 0.1) is 17.8 Å². The van der Waals surface area contributed by atoms with Crippen LogP contribution in [-0.4, -0.2) is 17.7 Å². The van der Waals surface area contributed by atoms with E-state index in [-0.39, 0.29) is 11.1 Å². The second-order valence-corrected chi connectivity index (χ2v) is 7.82. The van der Waals surface area contributed by atoms with Gasteiger partial charge in [0.15, 0.2) is 0 Å². The van der Waals surface area contributed by atoms with Crippen molar-refractivity contribution in [2.75, 3.05) is 6.61 Å². The van der Waals surface area contributed by atoms with Crippen molar-refractivity contribution < 1.29 is 4.74 Å². The van der Waals surface area contributed by atoms with Gasteiger partial charge in [-0.05, 0) is 62.7 Å². The summed E-state index contributed by atoms with van der Waals surface area (Å²) in [4.78, 5) is 0. The predicted octanol–water partition coefficient (Wildman–Crippen LogP) is 3.88. The van der Waals surface area contributed by atoms with Crippen molar-refractivity contribution in [3.05, 3.63) is 0 Å². The van der Waals surface area contributed by atoms with E-state index in [4.69, 9.17) is 10.5 Å². The Morgan fingerprint density at radius 2 is 1.79 bits per heavy atom. The number of rotatable bonds is 1. The van der Waals surface area contributed by atoms with Crippen molar-refractivity contribution in [3.63, 3.8) is 0 Å². The number of ether oxygens (including phenoxy) is 1. The molecule has 3 rings (SSSR count). The van der Waals surface area contributed by atoms with Crippen molar-refractivity contribution in [1.82, 2.24) is 0 Å². The third kappa shape index (κ3) is 2.47. The second-order valence-electron chi connectivity index (χ2n) is 7.82. The average Bonchev–Trinajstić information content (AvgIpc) is 2.82. The molecule has 3 aliphatic rings. The molecule has 1 spiro atoms. The molecule has 1 saturated heterocycles. The van der Waals surface area contributed by atoms with Crippen LogP contribution in [0.15, 0.2) is 0 Å². The Labute approximate surface area is 118 Å². The molecule has 2 nitrogen and oxygen atoms in total. The molecular weight excluding hydrogens is 234 g/mol. The molecule has 0 aromatic carbocycles. The average molecular weight is 265 g/mol. The molecule has 1 aliphatic heterocycles. The summed E-state index contributed by atoms with van der Waals surface area (Å²) in [6, 6.07) is 0. The summed E-state index contributed by atoms with van der Waals surface area (Å²) in [5.74, 6) is 2.24. The molecule has 0 radical (unpaired) electrons. The van der Waals surface area contributed by atoms with E-state index in [1.165, 1.54) is 57.8 Å². The molecule has 2 heteroatoms. The predicted molar refractivity (Wildman–Crippen MR) is 79.0 cm³/mol. The molecule has 4 unspecified atom stereocenters. The molecule has 0 aromatic heterocycles. The Balaban J connectivity index is 1.73. The summed E-state index contributed by atoms with van der Waals surface area (Å²) in [5.41, 5.74) is 7.24. The first kappa shape index (κ1) is 13.9. The fourth-order valence-electron chi connectivity index (χ4n) is 5.14. The van der Waals surface area contributed by atoms with Gasteiger partial charge in [-0.1, -0.05) is 26.7 Å². The van der Waals surface area contributed by atoms with Gasteiger partial charge < -0.3 is 10.5 Å². The zero-order valence-corrected chi connectivity index (χ0v) is 12.8. The van der Waals surface area contributed by atoms with E-state index < -0.39 is 0 Å². The Morgan fingerprint density at radius 1 is 1.05 bits per heavy atom. The first-order chi connectivity index (χ1) is 9.04. The van der Waals surface area contributed by atoms with Gasteiger partial charge in [0.1, 0.15) is 0 Å². The second kappa shape index (κ2) is 5.04. The van der Waals surface area contributed by atoms with Gasteiger partial charge in [0.2, 0.25) is 0 Å². The topological polar surface area (TPSA) is 35.2 Å². The molecular formula is C17H31NO. The van der Waals surface area contributed by atoms with E-state index >= 15 is 0 Å². The Bertz CT molecular complexity index is 323. The molecule has 19 heavy (non-hydrogen) atoms. The fourth-order valence-corrected chi connectivity index (χ4v) is 5.14. The number of nitrogens with two attached hydrogens (primary N) is 1. The normalized spacial score (nSPS) is 46.6. The smallest absolute Gasteiger partial charge is 0.0685 e. The van der Waals surface area contributed by atoms with E-state index in [9.17, 15) is 0 Å². The van der Waals surface area contributed by atoms with Crippen LogP contribution in [0.2, 0.25) is 0 Å². The maximum atomic E-state index is 6.93. The van der Waals surface area contributed by atoms with Crippen LogP contribution in [0.3, 0.4) is 0 Å². The quantitative estimate of drug-likeness (QED) is 0.781. The molecule has 1 heterocycles. The van der Waals surface area contributed by atoms with Crippen LogP contribution in [0.5, 0.6) is 0 Å². The molecule has 3 fully saturated rings. The SMILES string of the molecule is CC1CCC(N)(C2CCOC3(CCCC3)C2)C(C)C1. The molecule has 110 valence electrons. The highest BCUT2D eigenvalue weighted by atomic mass is 16.5. The highest BCUT2D eigenvalue weighted by molar-refractivity contribution is 5.04. The highest BCUT2D eigenvalue weighted by Gasteiger charge is 2.49.